The molecule has 0 saturated carbocycles. The second-order valence-corrected chi connectivity index (χ2v) is 6.79. The van der Waals surface area contributed by atoms with E-state index >= 15 is 0 Å². The molecule has 0 amide bonds. The maximum atomic E-state index is 4.69. The number of anilines is 3. The molecule has 1 unspecified atom stereocenters. The highest BCUT2D eigenvalue weighted by molar-refractivity contribution is 5.56. The van der Waals surface area contributed by atoms with Crippen LogP contribution < -0.4 is 10.2 Å². The van der Waals surface area contributed by atoms with Gasteiger partial charge in [-0.25, -0.2) is 0 Å². The molecule has 5 nitrogen and oxygen atoms in total. The molecule has 24 heavy (non-hydrogen) atoms. The van der Waals surface area contributed by atoms with Gasteiger partial charge in [-0.15, -0.1) is 5.10 Å². The maximum Gasteiger partial charge on any atom is 0.247 e. The van der Waals surface area contributed by atoms with Gasteiger partial charge in [0, 0.05) is 18.3 Å². The van der Waals surface area contributed by atoms with E-state index in [0.717, 1.165) is 30.4 Å². The summed E-state index contributed by atoms with van der Waals surface area (Å²) in [7, 11) is 0. The van der Waals surface area contributed by atoms with E-state index in [2.05, 4.69) is 70.4 Å². The van der Waals surface area contributed by atoms with Gasteiger partial charge in [0.2, 0.25) is 5.95 Å². The minimum absolute atomic E-state index is 0.529. The summed E-state index contributed by atoms with van der Waals surface area (Å²) in [6.45, 7) is 7.65. The third-order valence-electron chi connectivity index (χ3n) is 4.75. The highest BCUT2D eigenvalue weighted by Gasteiger charge is 2.23. The molecule has 1 aliphatic heterocycles. The number of benzene rings is 1. The lowest BCUT2D eigenvalue weighted by atomic mass is 10.0. The average molecular weight is 325 g/mol. The largest absolute Gasteiger partial charge is 0.339 e. The Morgan fingerprint density at radius 2 is 2.00 bits per heavy atom. The molecule has 2 heterocycles. The fourth-order valence-electron chi connectivity index (χ4n) is 3.26. The summed E-state index contributed by atoms with van der Waals surface area (Å²) >= 11 is 0. The van der Waals surface area contributed by atoms with Crippen molar-refractivity contribution in [1.29, 1.82) is 0 Å². The number of aromatic nitrogens is 3. The van der Waals surface area contributed by atoms with Crippen molar-refractivity contribution in [3.63, 3.8) is 0 Å². The zero-order valence-electron chi connectivity index (χ0n) is 14.9. The molecular weight excluding hydrogens is 298 g/mol. The molecule has 1 N–H and O–H groups in total. The van der Waals surface area contributed by atoms with Crippen LogP contribution in [0.25, 0.3) is 0 Å². The quantitative estimate of drug-likeness (QED) is 0.876. The smallest absolute Gasteiger partial charge is 0.247 e. The summed E-state index contributed by atoms with van der Waals surface area (Å²) in [5.41, 5.74) is 2.36. The van der Waals surface area contributed by atoms with E-state index < -0.39 is 0 Å². The molecule has 1 saturated heterocycles. The second-order valence-electron chi connectivity index (χ2n) is 6.79. The first-order chi connectivity index (χ1) is 11.7. The van der Waals surface area contributed by atoms with Crippen molar-refractivity contribution < 1.29 is 0 Å². The summed E-state index contributed by atoms with van der Waals surface area (Å²) < 4.78 is 0. The Morgan fingerprint density at radius 1 is 1.21 bits per heavy atom. The molecule has 0 spiro atoms. The van der Waals surface area contributed by atoms with Gasteiger partial charge < -0.3 is 10.2 Å². The van der Waals surface area contributed by atoms with Gasteiger partial charge in [-0.1, -0.05) is 32.9 Å². The van der Waals surface area contributed by atoms with E-state index in [1.165, 1.54) is 24.8 Å². The molecule has 1 atom stereocenters. The van der Waals surface area contributed by atoms with Crippen molar-refractivity contribution in [2.24, 2.45) is 0 Å². The van der Waals surface area contributed by atoms with E-state index in [1.807, 2.05) is 0 Å². The average Bonchev–Trinajstić information content (AvgIpc) is 2.62. The third kappa shape index (κ3) is 3.83. The molecule has 1 aliphatic rings. The Morgan fingerprint density at radius 3 is 2.71 bits per heavy atom. The number of piperidine rings is 1. The van der Waals surface area contributed by atoms with E-state index in [1.54, 1.807) is 6.20 Å². The molecule has 0 bridgehead atoms. The van der Waals surface area contributed by atoms with Crippen molar-refractivity contribution in [2.45, 2.75) is 58.4 Å². The fourth-order valence-corrected chi connectivity index (χ4v) is 3.26. The molecule has 128 valence electrons. The molecule has 2 aromatic rings. The third-order valence-corrected chi connectivity index (χ3v) is 4.75. The number of hydrogen-bond donors (Lipinski definition) is 1. The summed E-state index contributed by atoms with van der Waals surface area (Å²) in [5, 5.41) is 11.8. The topological polar surface area (TPSA) is 53.9 Å². The van der Waals surface area contributed by atoms with E-state index in [0.29, 0.717) is 12.0 Å². The first-order valence-corrected chi connectivity index (χ1v) is 9.00. The molecular formula is C19H27N5. The van der Waals surface area contributed by atoms with Gasteiger partial charge in [-0.2, -0.15) is 10.1 Å². The van der Waals surface area contributed by atoms with Crippen molar-refractivity contribution >= 4 is 17.5 Å². The fraction of sp³-hybridized carbons (Fsp3) is 0.526. The lowest BCUT2D eigenvalue weighted by molar-refractivity contribution is 0.442. The Labute approximate surface area is 144 Å². The molecule has 1 aromatic heterocycles. The Hall–Kier alpha value is -2.17. The highest BCUT2D eigenvalue weighted by atomic mass is 15.3. The zero-order chi connectivity index (χ0) is 16.9. The first kappa shape index (κ1) is 16.7. The van der Waals surface area contributed by atoms with Crippen LogP contribution in [0.2, 0.25) is 0 Å². The van der Waals surface area contributed by atoms with Crippen LogP contribution in [0, 0.1) is 0 Å². The lowest BCUT2D eigenvalue weighted by Crippen LogP contribution is -2.40. The van der Waals surface area contributed by atoms with Gasteiger partial charge >= 0.3 is 0 Å². The van der Waals surface area contributed by atoms with Crippen molar-refractivity contribution in [2.75, 3.05) is 16.8 Å². The van der Waals surface area contributed by atoms with E-state index in [4.69, 9.17) is 0 Å². The molecule has 0 aliphatic carbocycles. The predicted molar refractivity (Wildman–Crippen MR) is 98.9 cm³/mol. The van der Waals surface area contributed by atoms with Gasteiger partial charge in [0.25, 0.3) is 0 Å². The van der Waals surface area contributed by atoms with Gasteiger partial charge in [0.1, 0.15) is 0 Å². The Kier molecular flexibility index (Phi) is 5.28. The number of nitrogens with zero attached hydrogens (tertiary/aromatic N) is 4. The summed E-state index contributed by atoms with van der Waals surface area (Å²) in [4.78, 5) is 7.00. The summed E-state index contributed by atoms with van der Waals surface area (Å²) in [6.07, 6.45) is 6.52. The van der Waals surface area contributed by atoms with Gasteiger partial charge in [0.15, 0.2) is 5.82 Å². The van der Waals surface area contributed by atoms with Crippen LogP contribution in [0.15, 0.2) is 30.5 Å². The van der Waals surface area contributed by atoms with Gasteiger partial charge in [-0.3, -0.25) is 0 Å². The lowest BCUT2D eigenvalue weighted by Gasteiger charge is -2.34. The monoisotopic (exact) mass is 325 g/mol. The van der Waals surface area contributed by atoms with Crippen LogP contribution in [0.4, 0.5) is 17.5 Å². The molecule has 0 radical (unpaired) electrons. The summed E-state index contributed by atoms with van der Waals surface area (Å²) in [5.74, 6) is 2.03. The van der Waals surface area contributed by atoms with E-state index in [9.17, 15) is 0 Å². The second kappa shape index (κ2) is 7.60. The van der Waals surface area contributed by atoms with Crippen molar-refractivity contribution in [1.82, 2.24) is 15.2 Å². The minimum atomic E-state index is 0.529. The first-order valence-electron chi connectivity index (χ1n) is 9.00. The molecule has 1 aromatic carbocycles. The Bertz CT molecular complexity index is 653. The van der Waals surface area contributed by atoms with E-state index in [-0.39, 0.29) is 0 Å². The van der Waals surface area contributed by atoms with Crippen LogP contribution in [-0.2, 0) is 0 Å². The van der Waals surface area contributed by atoms with Crippen molar-refractivity contribution in [3.05, 3.63) is 36.0 Å². The van der Waals surface area contributed by atoms with Crippen LogP contribution >= 0.6 is 0 Å². The van der Waals surface area contributed by atoms with Crippen LogP contribution in [0.1, 0.15) is 57.9 Å². The number of hydrogen-bond acceptors (Lipinski definition) is 5. The normalized spacial score (nSPS) is 18.0. The molecule has 1 fully saturated rings. The maximum absolute atomic E-state index is 4.69. The molecule has 3 rings (SSSR count). The standard InChI is InChI=1S/C19H27N5/c1-4-17-7-5-6-12-24(17)19-22-18(13-20-23-19)21-16-10-8-15(9-11-16)14(2)3/h8-11,13-14,17H,4-7,12H2,1-3H3,(H,21,22,23). The Balaban J connectivity index is 1.75. The van der Waals surface area contributed by atoms with Crippen LogP contribution in [0.3, 0.4) is 0 Å². The van der Waals surface area contributed by atoms with Crippen LogP contribution in [0.5, 0.6) is 0 Å². The van der Waals surface area contributed by atoms with Crippen LogP contribution in [-0.4, -0.2) is 27.8 Å². The zero-order valence-corrected chi connectivity index (χ0v) is 14.9. The van der Waals surface area contributed by atoms with Gasteiger partial charge in [0.05, 0.1) is 6.20 Å². The minimum Gasteiger partial charge on any atom is -0.339 e. The van der Waals surface area contributed by atoms with Gasteiger partial charge in [-0.05, 0) is 49.3 Å². The van der Waals surface area contributed by atoms with Crippen molar-refractivity contribution in [3.8, 4) is 0 Å². The highest BCUT2D eigenvalue weighted by Crippen LogP contribution is 2.25. The number of nitrogens with one attached hydrogen (secondary N) is 1. The SMILES string of the molecule is CCC1CCCCN1c1nncc(Nc2ccc(C(C)C)cc2)n1. The molecule has 5 heteroatoms. The predicted octanol–water partition coefficient (Wildman–Crippen LogP) is 4.51. The summed E-state index contributed by atoms with van der Waals surface area (Å²) in [6, 6.07) is 9.02. The number of rotatable bonds is 5.